The largest absolute Gasteiger partial charge is 0.478 e. The number of fused-ring (bicyclic) bond motifs is 2. The number of amides is 2. The molecule has 0 radical (unpaired) electrons. The van der Waals surface area contributed by atoms with Crippen molar-refractivity contribution in [2.45, 2.75) is 29.1 Å². The molecule has 8 N–H and O–H groups in total. The minimum Gasteiger partial charge on any atom is -0.478 e. The SMILES string of the molecule is Nc1ccc2c(-c3cc(C(=O)ON4C(=O)CCC4=O)ccc3C(=O)O)c3ccc(=[NH2+])c(S(=O)(=O)NCCCS(=O)(=O)O)c-3oc2c1S(=O)(=O)O. The van der Waals surface area contributed by atoms with Crippen molar-refractivity contribution in [3.8, 4) is 22.5 Å². The summed E-state index contributed by atoms with van der Waals surface area (Å²) < 4.78 is 102. The zero-order valence-electron chi connectivity index (χ0n) is 25.1. The van der Waals surface area contributed by atoms with Gasteiger partial charge < -0.3 is 20.1 Å². The van der Waals surface area contributed by atoms with Gasteiger partial charge in [0.15, 0.2) is 21.1 Å². The van der Waals surface area contributed by atoms with E-state index in [0.717, 1.165) is 30.3 Å². The second-order valence-corrected chi connectivity index (χ2v) is 15.4. The summed E-state index contributed by atoms with van der Waals surface area (Å²) in [6.07, 6.45) is -0.829. The van der Waals surface area contributed by atoms with Crippen molar-refractivity contribution in [1.82, 2.24) is 9.79 Å². The fourth-order valence-electron chi connectivity index (χ4n) is 5.22. The smallest absolute Gasteiger partial charge is 0.363 e. The second kappa shape index (κ2) is 12.9. The summed E-state index contributed by atoms with van der Waals surface area (Å²) in [4.78, 5) is 52.8. The molecule has 1 aliphatic carbocycles. The van der Waals surface area contributed by atoms with E-state index in [-0.39, 0.29) is 40.0 Å². The summed E-state index contributed by atoms with van der Waals surface area (Å²) in [5.41, 5.74) is 2.75. The van der Waals surface area contributed by atoms with Crippen molar-refractivity contribution in [1.29, 1.82) is 0 Å². The molecule has 50 heavy (non-hydrogen) atoms. The number of sulfonamides is 1. The van der Waals surface area contributed by atoms with Crippen LogP contribution in [0.3, 0.4) is 0 Å². The number of nitrogen functional groups attached to an aromatic ring is 1. The highest BCUT2D eigenvalue weighted by molar-refractivity contribution is 7.89. The first-order chi connectivity index (χ1) is 23.2. The lowest BCUT2D eigenvalue weighted by Crippen LogP contribution is -2.49. The summed E-state index contributed by atoms with van der Waals surface area (Å²) in [6, 6.07) is 7.41. The third kappa shape index (κ3) is 6.92. The molecule has 1 saturated heterocycles. The van der Waals surface area contributed by atoms with E-state index < -0.39 is 116 Å². The van der Waals surface area contributed by atoms with Crippen LogP contribution in [0.1, 0.15) is 40.0 Å². The van der Waals surface area contributed by atoms with Gasteiger partial charge in [-0.25, -0.2) is 22.7 Å². The standard InChI is InChI=1S/C28H24N4O15S3/c29-18-6-4-15-22(17-12-13(2-3-14(17)27(35)36)28(37)47-32-20(33)8-9-21(32)34)16-5-7-19(30)26(50(43,44)45)24(16)46-23(15)25(18)49(41,42)31-10-1-11-48(38,39)40/h2-7,12,29,31H,1,8-11,30H2,(H,35,36)(H,38,39,40)(H,43,44,45)/p+1. The first-order valence-corrected chi connectivity index (χ1v) is 18.5. The average molecular weight is 754 g/mol. The number of aromatic carboxylic acids is 1. The number of nitrogens with zero attached hydrogens (tertiary/aromatic N) is 1. The van der Waals surface area contributed by atoms with E-state index in [4.69, 9.17) is 25.0 Å². The van der Waals surface area contributed by atoms with E-state index in [0.29, 0.717) is 0 Å². The van der Waals surface area contributed by atoms with Crippen LogP contribution in [0.15, 0.2) is 56.7 Å². The zero-order valence-corrected chi connectivity index (χ0v) is 27.6. The van der Waals surface area contributed by atoms with Crippen molar-refractivity contribution in [3.05, 3.63) is 58.9 Å². The third-order valence-corrected chi connectivity index (χ3v) is 10.6. The van der Waals surface area contributed by atoms with E-state index in [2.05, 4.69) is 4.72 Å². The lowest BCUT2D eigenvalue weighted by atomic mass is 9.89. The number of nitrogens with two attached hydrogens (primary N) is 2. The molecule has 2 amide bonds. The number of nitrogens with one attached hydrogen (secondary N) is 1. The molecule has 2 aromatic rings. The normalized spacial score (nSPS) is 14.1. The molecule has 19 nitrogen and oxygen atoms in total. The Morgan fingerprint density at radius 2 is 1.60 bits per heavy atom. The molecule has 22 heteroatoms. The maximum absolute atomic E-state index is 13.6. The molecule has 0 saturated carbocycles. The van der Waals surface area contributed by atoms with E-state index >= 15 is 0 Å². The van der Waals surface area contributed by atoms with Crippen LogP contribution in [0.4, 0.5) is 5.69 Å². The number of rotatable bonds is 11. The summed E-state index contributed by atoms with van der Waals surface area (Å²) in [6.45, 7) is -0.545. The Morgan fingerprint density at radius 3 is 2.20 bits per heavy atom. The molecular formula is C28H25N4O15S3+. The Hall–Kier alpha value is -5.26. The number of carbonyl (C=O) groups is 4. The van der Waals surface area contributed by atoms with Gasteiger partial charge in [-0.15, -0.1) is 5.06 Å². The van der Waals surface area contributed by atoms with Gasteiger partial charge in [0.1, 0.15) is 0 Å². The second-order valence-electron chi connectivity index (χ2n) is 10.7. The quantitative estimate of drug-likeness (QED) is 0.0358. The van der Waals surface area contributed by atoms with Crippen LogP contribution in [-0.2, 0) is 44.7 Å². The molecule has 2 aliphatic heterocycles. The number of imide groups is 1. The van der Waals surface area contributed by atoms with Gasteiger partial charge in [-0.1, -0.05) is 0 Å². The lowest BCUT2D eigenvalue weighted by molar-refractivity contribution is -0.176. The molecule has 264 valence electrons. The van der Waals surface area contributed by atoms with Crippen LogP contribution in [0.25, 0.3) is 33.4 Å². The minimum absolute atomic E-state index is 0.218. The number of carboxylic acids is 1. The number of carbonyl (C=O) groups excluding carboxylic acids is 3. The van der Waals surface area contributed by atoms with Crippen molar-refractivity contribution >= 4 is 70.7 Å². The van der Waals surface area contributed by atoms with Gasteiger partial charge in [0, 0.05) is 42.0 Å². The first-order valence-electron chi connectivity index (χ1n) is 14.0. The topological polar surface area (TPSA) is 321 Å². The first kappa shape index (κ1) is 36.0. The van der Waals surface area contributed by atoms with Crippen LogP contribution >= 0.6 is 0 Å². The highest BCUT2D eigenvalue weighted by Crippen LogP contribution is 2.45. The third-order valence-electron chi connectivity index (χ3n) is 7.36. The molecule has 5 rings (SSSR count). The van der Waals surface area contributed by atoms with E-state index in [1.165, 1.54) is 12.1 Å². The molecule has 0 spiro atoms. The Morgan fingerprint density at radius 1 is 0.940 bits per heavy atom. The summed E-state index contributed by atoms with van der Waals surface area (Å²) in [7, 11) is -14.5. The highest BCUT2D eigenvalue weighted by Gasteiger charge is 2.35. The molecule has 0 unspecified atom stereocenters. The van der Waals surface area contributed by atoms with Crippen LogP contribution in [0.5, 0.6) is 0 Å². The van der Waals surface area contributed by atoms with Gasteiger partial charge in [-0.2, -0.15) is 16.8 Å². The van der Waals surface area contributed by atoms with E-state index in [9.17, 15) is 54.1 Å². The molecule has 1 fully saturated rings. The maximum Gasteiger partial charge on any atom is 0.363 e. The number of hydrogen-bond donors (Lipinski definition) is 6. The Balaban J connectivity index is 1.83. The van der Waals surface area contributed by atoms with Gasteiger partial charge in [0.25, 0.3) is 42.1 Å². The van der Waals surface area contributed by atoms with Gasteiger partial charge in [-0.05, 0) is 48.4 Å². The van der Waals surface area contributed by atoms with Crippen molar-refractivity contribution < 1.29 is 73.3 Å². The van der Waals surface area contributed by atoms with Gasteiger partial charge >= 0.3 is 11.9 Å². The van der Waals surface area contributed by atoms with Crippen molar-refractivity contribution in [2.75, 3.05) is 18.0 Å². The lowest BCUT2D eigenvalue weighted by Gasteiger charge is -2.20. The molecule has 0 bridgehead atoms. The van der Waals surface area contributed by atoms with E-state index in [1.54, 1.807) is 0 Å². The van der Waals surface area contributed by atoms with E-state index in [1.807, 2.05) is 0 Å². The number of carboxylic acid groups (broad SMARTS) is 1. The van der Waals surface area contributed by atoms with Crippen LogP contribution in [0.2, 0.25) is 0 Å². The molecule has 2 aromatic carbocycles. The Labute approximate surface area is 281 Å². The summed E-state index contributed by atoms with van der Waals surface area (Å²) in [5, 5.41) is 15.7. The minimum atomic E-state index is -5.25. The zero-order chi connectivity index (χ0) is 36.9. The number of benzene rings is 3. The highest BCUT2D eigenvalue weighted by atomic mass is 32.2. The number of anilines is 1. The molecule has 2 heterocycles. The van der Waals surface area contributed by atoms with Crippen molar-refractivity contribution in [2.24, 2.45) is 0 Å². The van der Waals surface area contributed by atoms with Gasteiger partial charge in [0.2, 0.25) is 5.36 Å². The Kier molecular flexibility index (Phi) is 9.29. The molecule has 3 aliphatic rings. The predicted molar refractivity (Wildman–Crippen MR) is 167 cm³/mol. The van der Waals surface area contributed by atoms with Crippen LogP contribution in [-0.4, -0.2) is 80.6 Å². The molecular weight excluding hydrogens is 729 g/mol. The van der Waals surface area contributed by atoms with Crippen LogP contribution < -0.4 is 21.2 Å². The molecule has 0 atom stereocenters. The monoisotopic (exact) mass is 753 g/mol. The predicted octanol–water partition coefficient (Wildman–Crippen LogP) is -0.831. The van der Waals surface area contributed by atoms with Crippen LogP contribution in [0, 0.1) is 0 Å². The van der Waals surface area contributed by atoms with Gasteiger partial charge in [0.05, 0.1) is 22.6 Å². The fraction of sp³-hybridized carbons (Fsp3) is 0.179. The average Bonchev–Trinajstić information content (AvgIpc) is 3.32. The van der Waals surface area contributed by atoms with Gasteiger partial charge in [-0.3, -0.25) is 24.1 Å². The number of hydroxylamine groups is 2. The van der Waals surface area contributed by atoms with Crippen molar-refractivity contribution in [3.63, 3.8) is 0 Å². The summed E-state index contributed by atoms with van der Waals surface area (Å²) >= 11 is 0. The maximum atomic E-state index is 13.6. The Bertz CT molecular complexity index is 2490. The number of hydrogen-bond acceptors (Lipinski definition) is 13. The summed E-state index contributed by atoms with van der Waals surface area (Å²) in [5.74, 6) is -5.97. The fourth-order valence-corrected chi connectivity index (χ4v) is 7.82. The molecule has 0 aromatic heterocycles.